The van der Waals surface area contributed by atoms with Crippen molar-refractivity contribution in [1.29, 1.82) is 0 Å². The number of anilines is 1. The van der Waals surface area contributed by atoms with E-state index in [0.717, 1.165) is 54.9 Å². The molecule has 7 heteroatoms. The highest BCUT2D eigenvalue weighted by Crippen LogP contribution is 2.31. The monoisotopic (exact) mass is 467 g/mol. The van der Waals surface area contributed by atoms with Crippen molar-refractivity contribution in [2.75, 3.05) is 17.8 Å². The number of nitrogens with zero attached hydrogens (tertiary/aromatic N) is 2. The van der Waals surface area contributed by atoms with Gasteiger partial charge in [0.1, 0.15) is 5.69 Å². The molecule has 1 atom stereocenters. The Kier molecular flexibility index (Phi) is 7.02. The summed E-state index contributed by atoms with van der Waals surface area (Å²) < 4.78 is 28.8. The zero-order valence-electron chi connectivity index (χ0n) is 20.0. The molecular formula is C26H35N4O2S+. The van der Waals surface area contributed by atoms with E-state index in [1.807, 2.05) is 26.1 Å². The fourth-order valence-corrected chi connectivity index (χ4v) is 5.66. The van der Waals surface area contributed by atoms with E-state index in [9.17, 15) is 8.76 Å². The molecule has 33 heavy (non-hydrogen) atoms. The van der Waals surface area contributed by atoms with Gasteiger partial charge in [0.15, 0.2) is 0 Å². The lowest BCUT2D eigenvalue weighted by Gasteiger charge is -2.23. The summed E-state index contributed by atoms with van der Waals surface area (Å²) in [5.41, 5.74) is 5.87. The van der Waals surface area contributed by atoms with Gasteiger partial charge < -0.3 is 5.32 Å². The number of piperidine rings is 1. The number of nitrogens with one attached hydrogen (secondary N) is 2. The van der Waals surface area contributed by atoms with Gasteiger partial charge in [-0.2, -0.15) is 14.4 Å². The summed E-state index contributed by atoms with van der Waals surface area (Å²) in [6.45, 7) is 8.27. The van der Waals surface area contributed by atoms with Crippen molar-refractivity contribution >= 4 is 16.1 Å². The molecule has 6 nitrogen and oxygen atoms in total. The summed E-state index contributed by atoms with van der Waals surface area (Å²) in [5, 5.41) is 7.97. The van der Waals surface area contributed by atoms with Crippen molar-refractivity contribution in [2.45, 2.75) is 50.8 Å². The van der Waals surface area contributed by atoms with Crippen molar-refractivity contribution in [3.63, 3.8) is 0 Å². The van der Waals surface area contributed by atoms with E-state index in [4.69, 9.17) is 0 Å². The van der Waals surface area contributed by atoms with Crippen LogP contribution in [0.3, 0.4) is 0 Å². The highest BCUT2D eigenvalue weighted by molar-refractivity contribution is 7.99. The second kappa shape index (κ2) is 9.79. The zero-order chi connectivity index (χ0) is 23.6. The molecule has 0 bridgehead atoms. The van der Waals surface area contributed by atoms with E-state index in [1.54, 1.807) is 16.8 Å². The Hall–Kier alpha value is -2.48. The van der Waals surface area contributed by atoms with Gasteiger partial charge in [-0.05, 0) is 96.3 Å². The SMILES string of the molecule is Cc1c(N[S+](=O)(O)c2ccc(-c3cccc(C4CCNCC4)c3)cc2)c(CC(C)C)nn1C. The Morgan fingerprint density at radius 1 is 1.15 bits per heavy atom. The third kappa shape index (κ3) is 5.37. The average Bonchev–Trinajstić information content (AvgIpc) is 3.06. The van der Waals surface area contributed by atoms with Gasteiger partial charge in [0.25, 0.3) is 0 Å². The number of benzene rings is 2. The van der Waals surface area contributed by atoms with Crippen LogP contribution >= 0.6 is 0 Å². The predicted octanol–water partition coefficient (Wildman–Crippen LogP) is 5.42. The fourth-order valence-electron chi connectivity index (χ4n) is 4.50. The van der Waals surface area contributed by atoms with Crippen LogP contribution in [0.2, 0.25) is 0 Å². The standard InChI is InChI=1S/C26H34N4O2S/c1-18(2)16-25-26(19(3)30(4)28-25)29-33(31,32)24-10-8-20(9-11-24)22-6-5-7-23(17-22)21-12-14-27-15-13-21/h5-11,17-18,21,27H,12-16H2,1-4H3,(H-,29,31,32)/p+1. The summed E-state index contributed by atoms with van der Waals surface area (Å²) >= 11 is 0. The summed E-state index contributed by atoms with van der Waals surface area (Å²) in [6.07, 6.45) is 3.06. The molecule has 3 N–H and O–H groups in total. The van der Waals surface area contributed by atoms with Crippen LogP contribution in [0.25, 0.3) is 11.1 Å². The summed E-state index contributed by atoms with van der Waals surface area (Å²) in [6, 6.07) is 16.0. The van der Waals surface area contributed by atoms with Crippen molar-refractivity contribution in [3.05, 3.63) is 65.5 Å². The summed E-state index contributed by atoms with van der Waals surface area (Å²) in [7, 11) is -1.61. The molecule has 1 fully saturated rings. The molecule has 1 aromatic heterocycles. The van der Waals surface area contributed by atoms with E-state index < -0.39 is 10.4 Å². The van der Waals surface area contributed by atoms with Crippen LogP contribution in [0.5, 0.6) is 0 Å². The van der Waals surface area contributed by atoms with Gasteiger partial charge in [-0.15, -0.1) is 0 Å². The Morgan fingerprint density at radius 3 is 2.52 bits per heavy atom. The maximum absolute atomic E-state index is 13.3. The van der Waals surface area contributed by atoms with Gasteiger partial charge in [0.05, 0.1) is 11.4 Å². The topological polar surface area (TPSA) is 79.2 Å². The van der Waals surface area contributed by atoms with Gasteiger partial charge in [0.2, 0.25) is 4.90 Å². The maximum Gasteiger partial charge on any atom is 0.346 e. The Balaban J connectivity index is 1.55. The lowest BCUT2D eigenvalue weighted by molar-refractivity contribution is 0.460. The molecule has 2 aromatic carbocycles. The molecule has 1 aliphatic heterocycles. The first-order valence-electron chi connectivity index (χ1n) is 11.7. The lowest BCUT2D eigenvalue weighted by Crippen LogP contribution is -2.26. The molecule has 1 unspecified atom stereocenters. The highest BCUT2D eigenvalue weighted by atomic mass is 32.3. The zero-order valence-corrected chi connectivity index (χ0v) is 20.8. The van der Waals surface area contributed by atoms with Crippen LogP contribution in [-0.2, 0) is 28.1 Å². The second-order valence-corrected chi connectivity index (χ2v) is 11.2. The second-order valence-electron chi connectivity index (χ2n) is 9.43. The Labute approximate surface area is 198 Å². The Morgan fingerprint density at radius 2 is 1.85 bits per heavy atom. The number of hydrogen-bond acceptors (Lipinski definition) is 3. The van der Waals surface area contributed by atoms with Crippen molar-refractivity contribution in [3.8, 4) is 11.1 Å². The summed E-state index contributed by atoms with van der Waals surface area (Å²) in [5.74, 6) is 0.989. The van der Waals surface area contributed by atoms with Gasteiger partial charge >= 0.3 is 10.4 Å². The number of aryl methyl sites for hydroxylation is 1. The summed E-state index contributed by atoms with van der Waals surface area (Å²) in [4.78, 5) is 0.361. The van der Waals surface area contributed by atoms with Crippen LogP contribution in [0.15, 0.2) is 53.4 Å². The maximum atomic E-state index is 13.3. The predicted molar refractivity (Wildman–Crippen MR) is 136 cm³/mol. The van der Waals surface area contributed by atoms with E-state index in [-0.39, 0.29) is 0 Å². The van der Waals surface area contributed by atoms with Crippen LogP contribution in [0.4, 0.5) is 5.69 Å². The molecule has 1 saturated heterocycles. The number of rotatable bonds is 7. The third-order valence-corrected chi connectivity index (χ3v) is 7.84. The first kappa shape index (κ1) is 23.7. The van der Waals surface area contributed by atoms with E-state index in [0.29, 0.717) is 22.4 Å². The van der Waals surface area contributed by atoms with Gasteiger partial charge in [-0.25, -0.2) is 0 Å². The molecule has 0 amide bonds. The number of hydrogen-bond donors (Lipinski definition) is 3. The molecule has 0 spiro atoms. The normalized spacial score (nSPS) is 16.7. The van der Waals surface area contributed by atoms with Gasteiger partial charge in [0, 0.05) is 7.05 Å². The smallest absolute Gasteiger partial charge is 0.317 e. The van der Waals surface area contributed by atoms with Crippen molar-refractivity contribution in [2.24, 2.45) is 13.0 Å². The van der Waals surface area contributed by atoms with Crippen LogP contribution in [-0.4, -0.2) is 27.4 Å². The van der Waals surface area contributed by atoms with E-state index >= 15 is 0 Å². The minimum atomic E-state index is -3.47. The van der Waals surface area contributed by atoms with Gasteiger partial charge in [-0.1, -0.05) is 38.1 Å². The molecule has 4 rings (SSSR count). The Bertz CT molecular complexity index is 1150. The van der Waals surface area contributed by atoms with Crippen molar-refractivity contribution in [1.82, 2.24) is 15.1 Å². The van der Waals surface area contributed by atoms with Gasteiger partial charge in [-0.3, -0.25) is 4.68 Å². The first-order chi connectivity index (χ1) is 15.7. The first-order valence-corrected chi connectivity index (χ1v) is 13.2. The lowest BCUT2D eigenvalue weighted by atomic mass is 9.88. The quantitative estimate of drug-likeness (QED) is 0.406. The fraction of sp³-hybridized carbons (Fsp3) is 0.423. The molecular weight excluding hydrogens is 432 g/mol. The molecule has 176 valence electrons. The largest absolute Gasteiger partial charge is 0.346 e. The van der Waals surface area contributed by atoms with Crippen LogP contribution in [0, 0.1) is 12.8 Å². The van der Waals surface area contributed by atoms with Crippen LogP contribution in [0.1, 0.15) is 49.6 Å². The molecule has 0 saturated carbocycles. The third-order valence-electron chi connectivity index (χ3n) is 6.45. The van der Waals surface area contributed by atoms with E-state index in [2.05, 4.69) is 53.3 Å². The molecule has 3 aromatic rings. The highest BCUT2D eigenvalue weighted by Gasteiger charge is 2.32. The molecule has 0 aliphatic carbocycles. The van der Waals surface area contributed by atoms with E-state index in [1.165, 1.54) is 5.56 Å². The molecule has 1 aliphatic rings. The molecule has 0 radical (unpaired) electrons. The van der Waals surface area contributed by atoms with Crippen LogP contribution < -0.4 is 10.0 Å². The minimum Gasteiger partial charge on any atom is -0.317 e. The number of aromatic nitrogens is 2. The van der Waals surface area contributed by atoms with Crippen molar-refractivity contribution < 1.29 is 8.76 Å². The molecule has 2 heterocycles. The average molecular weight is 468 g/mol. The minimum absolute atomic E-state index is 0.361.